The van der Waals surface area contributed by atoms with Crippen molar-refractivity contribution in [3.05, 3.63) is 65.2 Å². The first kappa shape index (κ1) is 15.1. The minimum Gasteiger partial charge on any atom is -0.326 e. The Hall–Kier alpha value is -2.27. The molecule has 0 unspecified atom stereocenters. The molecule has 3 nitrogen and oxygen atoms in total. The van der Waals surface area contributed by atoms with Crippen LogP contribution in [0.1, 0.15) is 22.8 Å². The third-order valence-electron chi connectivity index (χ3n) is 3.22. The van der Waals surface area contributed by atoms with Crippen LogP contribution in [0, 0.1) is 11.6 Å². The van der Waals surface area contributed by atoms with Crippen LogP contribution in [0.25, 0.3) is 0 Å². The predicted octanol–water partition coefficient (Wildman–Crippen LogP) is 3.09. The zero-order valence-electron chi connectivity index (χ0n) is 11.6. The average Bonchev–Trinajstić information content (AvgIpc) is 2.48. The van der Waals surface area contributed by atoms with Gasteiger partial charge in [-0.15, -0.1) is 0 Å². The molecule has 0 aromatic heterocycles. The van der Waals surface area contributed by atoms with Crippen LogP contribution in [-0.4, -0.2) is 12.5 Å². The summed E-state index contributed by atoms with van der Waals surface area (Å²) in [5, 5.41) is 0. The fourth-order valence-electron chi connectivity index (χ4n) is 2.09. The second-order valence-electron chi connectivity index (χ2n) is 4.52. The van der Waals surface area contributed by atoms with Gasteiger partial charge in [-0.3, -0.25) is 4.79 Å². The van der Waals surface area contributed by atoms with E-state index in [1.807, 2.05) is 0 Å². The van der Waals surface area contributed by atoms with E-state index in [1.54, 1.807) is 31.2 Å². The lowest BCUT2D eigenvalue weighted by Crippen LogP contribution is -2.32. The van der Waals surface area contributed by atoms with Gasteiger partial charge in [0.1, 0.15) is 17.2 Å². The molecule has 110 valence electrons. The molecule has 0 aliphatic rings. The monoisotopic (exact) mass is 290 g/mol. The van der Waals surface area contributed by atoms with E-state index in [1.165, 1.54) is 11.0 Å². The number of nitrogens with zero attached hydrogens (tertiary/aromatic N) is 1. The van der Waals surface area contributed by atoms with E-state index >= 15 is 0 Å². The van der Waals surface area contributed by atoms with Gasteiger partial charge in [-0.1, -0.05) is 18.2 Å². The van der Waals surface area contributed by atoms with Gasteiger partial charge in [0.05, 0.1) is 0 Å². The Morgan fingerprint density at radius 2 is 1.67 bits per heavy atom. The van der Waals surface area contributed by atoms with Crippen LogP contribution in [0.3, 0.4) is 0 Å². The molecule has 0 aliphatic carbocycles. The summed E-state index contributed by atoms with van der Waals surface area (Å²) >= 11 is 0. The molecule has 1 amide bonds. The molecule has 0 aliphatic heterocycles. The number of hydrogen-bond donors (Lipinski definition) is 1. The molecular weight excluding hydrogens is 274 g/mol. The van der Waals surface area contributed by atoms with E-state index in [9.17, 15) is 13.6 Å². The zero-order chi connectivity index (χ0) is 15.4. The van der Waals surface area contributed by atoms with Crippen molar-refractivity contribution in [1.82, 2.24) is 0 Å². The highest BCUT2D eigenvalue weighted by Crippen LogP contribution is 2.21. The fraction of sp³-hybridized carbons (Fsp3) is 0.188. The van der Waals surface area contributed by atoms with Crippen molar-refractivity contribution in [2.75, 3.05) is 11.4 Å². The second-order valence-corrected chi connectivity index (χ2v) is 4.52. The van der Waals surface area contributed by atoms with E-state index in [0.717, 1.165) is 17.7 Å². The Morgan fingerprint density at radius 3 is 2.14 bits per heavy atom. The first-order valence-electron chi connectivity index (χ1n) is 6.63. The molecule has 0 fully saturated rings. The molecule has 0 atom stereocenters. The molecule has 0 spiro atoms. The molecule has 0 bridgehead atoms. The summed E-state index contributed by atoms with van der Waals surface area (Å²) in [4.78, 5) is 13.7. The van der Waals surface area contributed by atoms with E-state index in [0.29, 0.717) is 18.8 Å². The van der Waals surface area contributed by atoms with Crippen molar-refractivity contribution in [3.8, 4) is 0 Å². The summed E-state index contributed by atoms with van der Waals surface area (Å²) < 4.78 is 27.5. The maximum absolute atomic E-state index is 13.7. The maximum atomic E-state index is 13.7. The standard InChI is InChI=1S/C16H16F2N2O/c1-2-20(12-8-6-11(10-19)7-9-12)16(21)15-13(17)4-3-5-14(15)18/h3-9H,2,10,19H2,1H3. The minimum atomic E-state index is -0.864. The van der Waals surface area contributed by atoms with Crippen molar-refractivity contribution in [2.24, 2.45) is 5.73 Å². The highest BCUT2D eigenvalue weighted by atomic mass is 19.1. The van der Waals surface area contributed by atoms with E-state index in [-0.39, 0.29) is 0 Å². The molecule has 21 heavy (non-hydrogen) atoms. The first-order chi connectivity index (χ1) is 10.1. The van der Waals surface area contributed by atoms with Gasteiger partial charge in [0.25, 0.3) is 5.91 Å². The van der Waals surface area contributed by atoms with E-state index in [2.05, 4.69) is 0 Å². The lowest BCUT2D eigenvalue weighted by Gasteiger charge is -2.22. The summed E-state index contributed by atoms with van der Waals surface area (Å²) in [6.07, 6.45) is 0. The van der Waals surface area contributed by atoms with Crippen molar-refractivity contribution >= 4 is 11.6 Å². The average molecular weight is 290 g/mol. The fourth-order valence-corrected chi connectivity index (χ4v) is 2.09. The van der Waals surface area contributed by atoms with Gasteiger partial charge in [0.15, 0.2) is 0 Å². The maximum Gasteiger partial charge on any atom is 0.264 e. The number of benzene rings is 2. The molecule has 2 N–H and O–H groups in total. The van der Waals surface area contributed by atoms with Crippen LogP contribution in [0.4, 0.5) is 14.5 Å². The van der Waals surface area contributed by atoms with Crippen LogP contribution >= 0.6 is 0 Å². The first-order valence-corrected chi connectivity index (χ1v) is 6.63. The van der Waals surface area contributed by atoms with Gasteiger partial charge in [0, 0.05) is 18.8 Å². The van der Waals surface area contributed by atoms with Crippen LogP contribution < -0.4 is 10.6 Å². The van der Waals surface area contributed by atoms with Crippen molar-refractivity contribution in [2.45, 2.75) is 13.5 Å². The number of amides is 1. The number of rotatable bonds is 4. The van der Waals surface area contributed by atoms with Gasteiger partial charge >= 0.3 is 0 Å². The minimum absolute atomic E-state index is 0.300. The molecule has 0 radical (unpaired) electrons. The normalized spacial score (nSPS) is 10.5. The molecule has 5 heteroatoms. The number of hydrogen-bond acceptors (Lipinski definition) is 2. The van der Waals surface area contributed by atoms with Gasteiger partial charge < -0.3 is 10.6 Å². The highest BCUT2D eigenvalue weighted by molar-refractivity contribution is 6.06. The third kappa shape index (κ3) is 3.08. The highest BCUT2D eigenvalue weighted by Gasteiger charge is 2.23. The lowest BCUT2D eigenvalue weighted by atomic mass is 10.1. The summed E-state index contributed by atoms with van der Waals surface area (Å²) in [5.74, 6) is -2.43. The molecule has 2 aromatic carbocycles. The van der Waals surface area contributed by atoms with Crippen LogP contribution in [0.15, 0.2) is 42.5 Å². The number of anilines is 1. The van der Waals surface area contributed by atoms with Crippen LogP contribution in [0.2, 0.25) is 0 Å². The molecular formula is C16H16F2N2O. The topological polar surface area (TPSA) is 46.3 Å². The summed E-state index contributed by atoms with van der Waals surface area (Å²) in [6, 6.07) is 10.4. The summed E-state index contributed by atoms with van der Waals surface area (Å²) in [7, 11) is 0. The molecule has 0 heterocycles. The van der Waals surface area contributed by atoms with Crippen molar-refractivity contribution in [3.63, 3.8) is 0 Å². The SMILES string of the molecule is CCN(C(=O)c1c(F)cccc1F)c1ccc(CN)cc1. The van der Waals surface area contributed by atoms with Gasteiger partial charge in [0.2, 0.25) is 0 Å². The molecule has 2 aromatic rings. The Balaban J connectivity index is 2.38. The molecule has 2 rings (SSSR count). The summed E-state index contributed by atoms with van der Waals surface area (Å²) in [6.45, 7) is 2.43. The smallest absolute Gasteiger partial charge is 0.264 e. The van der Waals surface area contributed by atoms with Crippen molar-refractivity contribution in [1.29, 1.82) is 0 Å². The molecule has 0 saturated heterocycles. The van der Waals surface area contributed by atoms with E-state index < -0.39 is 23.1 Å². The summed E-state index contributed by atoms with van der Waals surface area (Å²) in [5.41, 5.74) is 6.47. The number of carbonyl (C=O) groups excluding carboxylic acids is 1. The van der Waals surface area contributed by atoms with E-state index in [4.69, 9.17) is 5.73 Å². The Kier molecular flexibility index (Phi) is 4.65. The van der Waals surface area contributed by atoms with Crippen LogP contribution in [0.5, 0.6) is 0 Å². The molecule has 0 saturated carbocycles. The quantitative estimate of drug-likeness (QED) is 0.940. The number of nitrogens with two attached hydrogens (primary N) is 1. The Labute approximate surface area is 122 Å². The van der Waals surface area contributed by atoms with Gasteiger partial charge in [-0.05, 0) is 36.8 Å². The lowest BCUT2D eigenvalue weighted by molar-refractivity contribution is 0.0980. The Bertz CT molecular complexity index is 621. The van der Waals surface area contributed by atoms with Gasteiger partial charge in [-0.25, -0.2) is 8.78 Å². The zero-order valence-corrected chi connectivity index (χ0v) is 11.6. The predicted molar refractivity (Wildman–Crippen MR) is 78.0 cm³/mol. The van der Waals surface area contributed by atoms with Crippen molar-refractivity contribution < 1.29 is 13.6 Å². The number of halogens is 2. The second kappa shape index (κ2) is 6.45. The van der Waals surface area contributed by atoms with Gasteiger partial charge in [-0.2, -0.15) is 0 Å². The largest absolute Gasteiger partial charge is 0.326 e. The Morgan fingerprint density at radius 1 is 1.10 bits per heavy atom. The number of carbonyl (C=O) groups is 1. The third-order valence-corrected chi connectivity index (χ3v) is 3.22. The van der Waals surface area contributed by atoms with Crippen LogP contribution in [-0.2, 0) is 6.54 Å².